The Morgan fingerprint density at radius 3 is 1.58 bits per heavy atom. The lowest BCUT2D eigenvalue weighted by molar-refractivity contribution is 0.0397. The second kappa shape index (κ2) is 5.48. The van der Waals surface area contributed by atoms with Gasteiger partial charge in [0.05, 0.1) is 11.1 Å². The first-order chi connectivity index (χ1) is 9.06. The third-order valence-electron chi connectivity index (χ3n) is 2.69. The second-order valence-electron chi connectivity index (χ2n) is 4.42. The molecule has 3 nitrogen and oxygen atoms in total. The lowest BCUT2D eigenvalue weighted by Gasteiger charge is -2.04. The highest BCUT2D eigenvalue weighted by Crippen LogP contribution is 2.09. The SMILES string of the molecule is Cc1cccc(C(=O)OC(=O)c2cccc(C)c2)c1. The number of ether oxygens (including phenoxy) is 1. The molecule has 0 aliphatic carbocycles. The van der Waals surface area contributed by atoms with E-state index in [1.54, 1.807) is 36.4 Å². The van der Waals surface area contributed by atoms with Crippen molar-refractivity contribution >= 4 is 11.9 Å². The Kier molecular flexibility index (Phi) is 3.76. The molecule has 0 saturated carbocycles. The van der Waals surface area contributed by atoms with Gasteiger partial charge in [0, 0.05) is 0 Å². The minimum Gasteiger partial charge on any atom is -0.386 e. The summed E-state index contributed by atoms with van der Waals surface area (Å²) in [5.74, 6) is -1.26. The summed E-state index contributed by atoms with van der Waals surface area (Å²) < 4.78 is 4.85. The molecule has 0 fully saturated rings. The first-order valence-corrected chi connectivity index (χ1v) is 5.96. The third kappa shape index (κ3) is 3.28. The number of benzene rings is 2. The van der Waals surface area contributed by atoms with Gasteiger partial charge in [-0.05, 0) is 38.1 Å². The number of hydrogen-bond donors (Lipinski definition) is 0. The van der Waals surface area contributed by atoms with Gasteiger partial charge in [0.25, 0.3) is 0 Å². The van der Waals surface area contributed by atoms with Gasteiger partial charge in [-0.3, -0.25) is 0 Å². The molecule has 2 rings (SSSR count). The highest BCUT2D eigenvalue weighted by Gasteiger charge is 2.14. The van der Waals surface area contributed by atoms with E-state index in [0.717, 1.165) is 11.1 Å². The van der Waals surface area contributed by atoms with E-state index in [2.05, 4.69) is 0 Å². The molecule has 0 unspecified atom stereocenters. The summed E-state index contributed by atoms with van der Waals surface area (Å²) in [5, 5.41) is 0. The minimum atomic E-state index is -0.629. The van der Waals surface area contributed by atoms with Crippen LogP contribution in [0.3, 0.4) is 0 Å². The summed E-state index contributed by atoms with van der Waals surface area (Å²) in [7, 11) is 0. The van der Waals surface area contributed by atoms with Gasteiger partial charge in [0.15, 0.2) is 0 Å². The molecule has 3 heteroatoms. The molecular formula is C16H14O3. The fourth-order valence-electron chi connectivity index (χ4n) is 1.75. The van der Waals surface area contributed by atoms with Crippen LogP contribution in [0.4, 0.5) is 0 Å². The van der Waals surface area contributed by atoms with Crippen molar-refractivity contribution in [2.75, 3.05) is 0 Å². The van der Waals surface area contributed by atoms with Gasteiger partial charge in [-0.15, -0.1) is 0 Å². The van der Waals surface area contributed by atoms with Crippen LogP contribution in [0.2, 0.25) is 0 Å². The van der Waals surface area contributed by atoms with Crippen LogP contribution in [0.5, 0.6) is 0 Å². The van der Waals surface area contributed by atoms with Crippen molar-refractivity contribution in [3.8, 4) is 0 Å². The van der Waals surface area contributed by atoms with Crippen LogP contribution in [0.25, 0.3) is 0 Å². The Labute approximate surface area is 111 Å². The molecule has 0 N–H and O–H groups in total. The number of carbonyl (C=O) groups excluding carboxylic acids is 2. The summed E-state index contributed by atoms with van der Waals surface area (Å²) in [6.45, 7) is 3.75. The summed E-state index contributed by atoms with van der Waals surface area (Å²) in [4.78, 5) is 23.6. The van der Waals surface area contributed by atoms with Crippen LogP contribution in [-0.4, -0.2) is 11.9 Å². The zero-order chi connectivity index (χ0) is 13.8. The fourth-order valence-corrected chi connectivity index (χ4v) is 1.75. The van der Waals surface area contributed by atoms with Crippen LogP contribution >= 0.6 is 0 Å². The summed E-state index contributed by atoms with van der Waals surface area (Å²) >= 11 is 0. The standard InChI is InChI=1S/C16H14O3/c1-11-5-3-7-13(9-11)15(17)19-16(18)14-8-4-6-12(2)10-14/h3-10H,1-2H3. The Bertz CT molecular complexity index is 574. The van der Waals surface area contributed by atoms with Gasteiger partial charge in [-0.2, -0.15) is 0 Å². The Morgan fingerprint density at radius 1 is 0.789 bits per heavy atom. The maximum atomic E-state index is 11.8. The van der Waals surface area contributed by atoms with Crippen molar-refractivity contribution in [2.45, 2.75) is 13.8 Å². The van der Waals surface area contributed by atoms with E-state index in [9.17, 15) is 9.59 Å². The normalized spacial score (nSPS) is 10.0. The number of aryl methyl sites for hydroxylation is 2. The molecular weight excluding hydrogens is 240 g/mol. The molecule has 2 aromatic carbocycles. The first kappa shape index (κ1) is 13.0. The van der Waals surface area contributed by atoms with E-state index in [0.29, 0.717) is 11.1 Å². The van der Waals surface area contributed by atoms with Gasteiger partial charge in [0.2, 0.25) is 0 Å². The quantitative estimate of drug-likeness (QED) is 0.610. The van der Waals surface area contributed by atoms with E-state index in [4.69, 9.17) is 4.74 Å². The number of carbonyl (C=O) groups is 2. The monoisotopic (exact) mass is 254 g/mol. The predicted molar refractivity (Wildman–Crippen MR) is 72.1 cm³/mol. The van der Waals surface area contributed by atoms with Crippen molar-refractivity contribution in [2.24, 2.45) is 0 Å². The smallest absolute Gasteiger partial charge is 0.346 e. The van der Waals surface area contributed by atoms with Crippen LogP contribution in [0, 0.1) is 13.8 Å². The van der Waals surface area contributed by atoms with E-state index < -0.39 is 11.9 Å². The third-order valence-corrected chi connectivity index (χ3v) is 2.69. The van der Waals surface area contributed by atoms with Crippen molar-refractivity contribution in [1.82, 2.24) is 0 Å². The molecule has 0 aliphatic rings. The maximum Gasteiger partial charge on any atom is 0.346 e. The lowest BCUT2D eigenvalue weighted by atomic mass is 10.1. The van der Waals surface area contributed by atoms with Crippen molar-refractivity contribution in [1.29, 1.82) is 0 Å². The predicted octanol–water partition coefficient (Wildman–Crippen LogP) is 3.30. The van der Waals surface area contributed by atoms with Crippen LogP contribution in [0.15, 0.2) is 48.5 Å². The number of esters is 2. The molecule has 0 heterocycles. The van der Waals surface area contributed by atoms with E-state index >= 15 is 0 Å². The largest absolute Gasteiger partial charge is 0.386 e. The molecule has 0 spiro atoms. The van der Waals surface area contributed by atoms with E-state index in [1.807, 2.05) is 26.0 Å². The molecule has 0 bridgehead atoms. The summed E-state index contributed by atoms with van der Waals surface area (Å²) in [5.41, 5.74) is 2.64. The highest BCUT2D eigenvalue weighted by molar-refractivity contribution is 6.02. The molecule has 2 aromatic rings. The van der Waals surface area contributed by atoms with Crippen molar-refractivity contribution in [3.05, 3.63) is 70.8 Å². The zero-order valence-electron chi connectivity index (χ0n) is 10.8. The molecule has 0 amide bonds. The Balaban J connectivity index is 2.13. The highest BCUT2D eigenvalue weighted by atomic mass is 16.6. The maximum absolute atomic E-state index is 11.8. The van der Waals surface area contributed by atoms with Crippen molar-refractivity contribution in [3.63, 3.8) is 0 Å². The fraction of sp³-hybridized carbons (Fsp3) is 0.125. The Morgan fingerprint density at radius 2 is 1.21 bits per heavy atom. The summed E-state index contributed by atoms with van der Waals surface area (Å²) in [6, 6.07) is 13.9. The molecule has 0 atom stereocenters. The lowest BCUT2D eigenvalue weighted by Crippen LogP contribution is -2.13. The van der Waals surface area contributed by atoms with Gasteiger partial charge in [-0.1, -0.05) is 35.4 Å². The molecule has 19 heavy (non-hydrogen) atoms. The van der Waals surface area contributed by atoms with Gasteiger partial charge in [-0.25, -0.2) is 9.59 Å². The van der Waals surface area contributed by atoms with Gasteiger partial charge < -0.3 is 4.74 Å². The van der Waals surface area contributed by atoms with Gasteiger partial charge >= 0.3 is 11.9 Å². The zero-order valence-corrected chi connectivity index (χ0v) is 10.8. The van der Waals surface area contributed by atoms with Gasteiger partial charge in [0.1, 0.15) is 0 Å². The van der Waals surface area contributed by atoms with E-state index in [-0.39, 0.29) is 0 Å². The van der Waals surface area contributed by atoms with Crippen LogP contribution in [-0.2, 0) is 4.74 Å². The molecule has 0 radical (unpaired) electrons. The topological polar surface area (TPSA) is 43.4 Å². The summed E-state index contributed by atoms with van der Waals surface area (Å²) in [6.07, 6.45) is 0. The van der Waals surface area contributed by atoms with Crippen LogP contribution < -0.4 is 0 Å². The number of rotatable bonds is 2. The number of hydrogen-bond acceptors (Lipinski definition) is 3. The Hall–Kier alpha value is -2.42. The average Bonchev–Trinajstić information content (AvgIpc) is 2.38. The average molecular weight is 254 g/mol. The molecule has 0 aliphatic heterocycles. The van der Waals surface area contributed by atoms with Crippen molar-refractivity contribution < 1.29 is 14.3 Å². The van der Waals surface area contributed by atoms with Crippen LogP contribution in [0.1, 0.15) is 31.8 Å². The first-order valence-electron chi connectivity index (χ1n) is 5.96. The molecule has 0 saturated heterocycles. The molecule has 0 aromatic heterocycles. The molecule has 96 valence electrons. The second-order valence-corrected chi connectivity index (χ2v) is 4.42. The minimum absolute atomic E-state index is 0.376. The van der Waals surface area contributed by atoms with E-state index in [1.165, 1.54) is 0 Å².